The highest BCUT2D eigenvalue weighted by atomic mass is 19.1. The summed E-state index contributed by atoms with van der Waals surface area (Å²) in [5.41, 5.74) is 0.552. The van der Waals surface area contributed by atoms with Gasteiger partial charge < -0.3 is 13.9 Å². The van der Waals surface area contributed by atoms with Gasteiger partial charge >= 0.3 is 5.97 Å². The summed E-state index contributed by atoms with van der Waals surface area (Å²) in [6.07, 6.45) is 2.88. The molecule has 1 aromatic heterocycles. The fourth-order valence-corrected chi connectivity index (χ4v) is 1.85. The Labute approximate surface area is 119 Å². The monoisotopic (exact) mass is 287 g/mol. The van der Waals surface area contributed by atoms with E-state index in [1.54, 1.807) is 18.2 Å². The molecule has 0 atom stereocenters. The minimum absolute atomic E-state index is 0.0750. The highest BCUT2D eigenvalue weighted by Gasteiger charge is 2.25. The third-order valence-corrected chi connectivity index (χ3v) is 2.83. The largest absolute Gasteiger partial charge is 0.494 e. The van der Waals surface area contributed by atoms with Crippen molar-refractivity contribution >= 4 is 17.9 Å². The highest BCUT2D eigenvalue weighted by molar-refractivity contribution is 6.11. The molecule has 1 aliphatic rings. The van der Waals surface area contributed by atoms with Gasteiger partial charge in [-0.1, -0.05) is 6.07 Å². The number of hydrogen-bond acceptors (Lipinski definition) is 5. The third kappa shape index (κ3) is 2.55. The molecule has 106 valence electrons. The average molecular weight is 287 g/mol. The Balaban J connectivity index is 1.92. The van der Waals surface area contributed by atoms with Gasteiger partial charge in [-0.05, 0) is 35.9 Å². The lowest BCUT2D eigenvalue weighted by Crippen LogP contribution is -2.04. The van der Waals surface area contributed by atoms with Crippen molar-refractivity contribution in [3.63, 3.8) is 0 Å². The van der Waals surface area contributed by atoms with E-state index in [1.165, 1.54) is 31.6 Å². The van der Waals surface area contributed by atoms with Crippen LogP contribution in [0.15, 0.2) is 51.7 Å². The maximum atomic E-state index is 13.6. The summed E-state index contributed by atoms with van der Waals surface area (Å²) in [5.74, 6) is -0.560. The lowest BCUT2D eigenvalue weighted by Gasteiger charge is -2.01. The van der Waals surface area contributed by atoms with Crippen LogP contribution in [0, 0.1) is 5.82 Å². The number of cyclic esters (lactones) is 1. The van der Waals surface area contributed by atoms with Crippen LogP contribution < -0.4 is 4.74 Å². The topological polar surface area (TPSA) is 61.0 Å². The first kappa shape index (κ1) is 13.1. The van der Waals surface area contributed by atoms with Gasteiger partial charge in [-0.25, -0.2) is 14.2 Å². The van der Waals surface area contributed by atoms with Crippen LogP contribution in [0.4, 0.5) is 4.39 Å². The molecule has 0 spiro atoms. The molecule has 1 aromatic carbocycles. The summed E-state index contributed by atoms with van der Waals surface area (Å²) in [6.45, 7) is 0. The average Bonchev–Trinajstić information content (AvgIpc) is 3.10. The van der Waals surface area contributed by atoms with E-state index in [0.29, 0.717) is 11.3 Å². The van der Waals surface area contributed by atoms with Crippen molar-refractivity contribution in [2.45, 2.75) is 0 Å². The van der Waals surface area contributed by atoms with Gasteiger partial charge in [0, 0.05) is 0 Å². The van der Waals surface area contributed by atoms with E-state index in [4.69, 9.17) is 13.9 Å². The molecule has 2 aromatic rings. The second-order valence-electron chi connectivity index (χ2n) is 4.21. The van der Waals surface area contributed by atoms with Gasteiger partial charge in [0.2, 0.25) is 0 Å². The van der Waals surface area contributed by atoms with Crippen LogP contribution in [-0.2, 0) is 9.53 Å². The SMILES string of the molecule is COc1ccc(/C=C2/N=C(c3ccco3)OC2=O)cc1F. The summed E-state index contributed by atoms with van der Waals surface area (Å²) in [4.78, 5) is 15.8. The number of hydrogen-bond donors (Lipinski definition) is 0. The van der Waals surface area contributed by atoms with E-state index < -0.39 is 11.8 Å². The smallest absolute Gasteiger partial charge is 0.363 e. The van der Waals surface area contributed by atoms with E-state index in [0.717, 1.165) is 0 Å². The van der Waals surface area contributed by atoms with Crippen LogP contribution in [0.3, 0.4) is 0 Å². The van der Waals surface area contributed by atoms with Crippen molar-refractivity contribution < 1.29 is 23.1 Å². The van der Waals surface area contributed by atoms with Crippen LogP contribution >= 0.6 is 0 Å². The van der Waals surface area contributed by atoms with E-state index in [-0.39, 0.29) is 17.3 Å². The Bertz CT molecular complexity index is 747. The summed E-state index contributed by atoms with van der Waals surface area (Å²) >= 11 is 0. The van der Waals surface area contributed by atoms with Gasteiger partial charge in [-0.15, -0.1) is 0 Å². The van der Waals surface area contributed by atoms with Crippen LogP contribution in [0.5, 0.6) is 5.75 Å². The van der Waals surface area contributed by atoms with Crippen LogP contribution in [-0.4, -0.2) is 19.0 Å². The molecule has 0 unspecified atom stereocenters. The summed E-state index contributed by atoms with van der Waals surface area (Å²) < 4.78 is 28.5. The quantitative estimate of drug-likeness (QED) is 0.643. The number of esters is 1. The van der Waals surface area contributed by atoms with Crippen molar-refractivity contribution in [3.8, 4) is 5.75 Å². The molecule has 0 bridgehead atoms. The van der Waals surface area contributed by atoms with Gasteiger partial charge in [0.05, 0.1) is 13.4 Å². The lowest BCUT2D eigenvalue weighted by molar-refractivity contribution is -0.130. The number of aliphatic imine (C=N–C) groups is 1. The van der Waals surface area contributed by atoms with Crippen molar-refractivity contribution in [2.24, 2.45) is 4.99 Å². The normalized spacial score (nSPS) is 16.0. The summed E-state index contributed by atoms with van der Waals surface area (Å²) in [6, 6.07) is 7.62. The fourth-order valence-electron chi connectivity index (χ4n) is 1.85. The predicted molar refractivity (Wildman–Crippen MR) is 72.3 cm³/mol. The minimum Gasteiger partial charge on any atom is -0.494 e. The van der Waals surface area contributed by atoms with Gasteiger partial charge in [0.15, 0.2) is 23.0 Å². The Morgan fingerprint density at radius 3 is 2.86 bits per heavy atom. The minimum atomic E-state index is -0.613. The van der Waals surface area contributed by atoms with Crippen molar-refractivity contribution in [2.75, 3.05) is 7.11 Å². The standard InChI is InChI=1S/C15H10FNO4/c1-19-12-5-4-9(7-10(12)16)8-11-15(18)21-14(17-11)13-3-2-6-20-13/h2-8H,1H3/b11-8+. The number of ether oxygens (including phenoxy) is 2. The van der Waals surface area contributed by atoms with Gasteiger partial charge in [-0.3, -0.25) is 0 Å². The Kier molecular flexibility index (Phi) is 3.27. The van der Waals surface area contributed by atoms with Crippen molar-refractivity contribution in [3.05, 3.63) is 59.4 Å². The van der Waals surface area contributed by atoms with Crippen molar-refractivity contribution in [1.29, 1.82) is 0 Å². The molecule has 6 heteroatoms. The van der Waals surface area contributed by atoms with E-state index >= 15 is 0 Å². The third-order valence-electron chi connectivity index (χ3n) is 2.83. The Morgan fingerprint density at radius 2 is 2.19 bits per heavy atom. The Hall–Kier alpha value is -2.89. The second kappa shape index (κ2) is 5.24. The lowest BCUT2D eigenvalue weighted by atomic mass is 10.2. The van der Waals surface area contributed by atoms with Crippen molar-refractivity contribution in [1.82, 2.24) is 0 Å². The molecule has 0 aliphatic carbocycles. The van der Waals surface area contributed by atoms with Crippen LogP contribution in [0.25, 0.3) is 6.08 Å². The zero-order chi connectivity index (χ0) is 14.8. The second-order valence-corrected chi connectivity index (χ2v) is 4.21. The first-order valence-electron chi connectivity index (χ1n) is 6.07. The molecule has 0 amide bonds. The molecule has 5 nitrogen and oxygen atoms in total. The fraction of sp³-hybridized carbons (Fsp3) is 0.0667. The number of carbonyl (C=O) groups is 1. The Morgan fingerprint density at radius 1 is 1.33 bits per heavy atom. The molecule has 3 rings (SSSR count). The number of carbonyl (C=O) groups excluding carboxylic acids is 1. The van der Waals surface area contributed by atoms with Crippen LogP contribution in [0.2, 0.25) is 0 Å². The molecule has 0 saturated carbocycles. The number of nitrogens with zero attached hydrogens (tertiary/aromatic N) is 1. The maximum absolute atomic E-state index is 13.6. The van der Waals surface area contributed by atoms with E-state index in [1.807, 2.05) is 0 Å². The van der Waals surface area contributed by atoms with Gasteiger partial charge in [0.1, 0.15) is 0 Å². The summed E-state index contributed by atoms with van der Waals surface area (Å²) in [7, 11) is 1.38. The summed E-state index contributed by atoms with van der Waals surface area (Å²) in [5, 5.41) is 0. The zero-order valence-electron chi connectivity index (χ0n) is 11.0. The molecular weight excluding hydrogens is 277 g/mol. The maximum Gasteiger partial charge on any atom is 0.363 e. The van der Waals surface area contributed by atoms with Crippen LogP contribution in [0.1, 0.15) is 11.3 Å². The number of methoxy groups -OCH3 is 1. The molecule has 2 heterocycles. The molecule has 21 heavy (non-hydrogen) atoms. The van der Waals surface area contributed by atoms with Gasteiger partial charge in [-0.2, -0.15) is 0 Å². The number of furan rings is 1. The predicted octanol–water partition coefficient (Wildman–Crippen LogP) is 2.77. The zero-order valence-corrected chi connectivity index (χ0v) is 11.0. The van der Waals surface area contributed by atoms with Gasteiger partial charge in [0.25, 0.3) is 5.90 Å². The number of benzene rings is 1. The molecule has 0 fully saturated rings. The molecule has 0 saturated heterocycles. The molecule has 1 aliphatic heterocycles. The van der Waals surface area contributed by atoms with E-state index in [9.17, 15) is 9.18 Å². The number of halogens is 1. The highest BCUT2D eigenvalue weighted by Crippen LogP contribution is 2.22. The first-order chi connectivity index (χ1) is 10.2. The first-order valence-corrected chi connectivity index (χ1v) is 6.07. The number of rotatable bonds is 3. The molecule has 0 N–H and O–H groups in total. The molecule has 0 radical (unpaired) electrons. The molecular formula is C15H10FNO4. The van der Waals surface area contributed by atoms with E-state index in [2.05, 4.69) is 4.99 Å².